The van der Waals surface area contributed by atoms with E-state index in [1.807, 2.05) is 29.2 Å². The van der Waals surface area contributed by atoms with Gasteiger partial charge in [0.1, 0.15) is 0 Å². The number of amides is 1. The number of carbonyl (C=O) groups excluding carboxylic acids is 1. The number of anilines is 1. The van der Waals surface area contributed by atoms with E-state index in [1.54, 1.807) is 11.8 Å². The van der Waals surface area contributed by atoms with E-state index in [-0.39, 0.29) is 12.5 Å². The first-order valence-corrected chi connectivity index (χ1v) is 6.44. The van der Waals surface area contributed by atoms with Crippen LogP contribution in [0.5, 0.6) is 0 Å². The summed E-state index contributed by atoms with van der Waals surface area (Å²) >= 11 is 1.79. The third-order valence-electron chi connectivity index (χ3n) is 2.58. The molecule has 0 spiro atoms. The number of para-hydroxylation sites is 1. The summed E-state index contributed by atoms with van der Waals surface area (Å²) in [5.41, 5.74) is 1.02. The molecule has 0 radical (unpaired) electrons. The Balaban J connectivity index is 2.15. The highest BCUT2D eigenvalue weighted by Gasteiger charge is 2.21. The SMILES string of the molecule is O=C(CCCO)N1CCSc2ccccc21. The van der Waals surface area contributed by atoms with Gasteiger partial charge in [-0.05, 0) is 18.6 Å². The molecular formula is C12H15NO2S. The second-order valence-corrected chi connectivity index (χ2v) is 4.83. The first-order chi connectivity index (χ1) is 7.83. The molecule has 0 aromatic heterocycles. The van der Waals surface area contributed by atoms with Gasteiger partial charge in [0, 0.05) is 30.2 Å². The summed E-state index contributed by atoms with van der Waals surface area (Å²) in [5.74, 6) is 1.06. The molecule has 86 valence electrons. The first-order valence-electron chi connectivity index (χ1n) is 5.46. The number of aliphatic hydroxyl groups excluding tert-OH is 1. The Labute approximate surface area is 99.5 Å². The number of aliphatic hydroxyl groups is 1. The molecule has 0 bridgehead atoms. The molecule has 1 aromatic rings. The van der Waals surface area contributed by atoms with Crippen LogP contribution in [0.4, 0.5) is 5.69 Å². The molecule has 0 saturated heterocycles. The summed E-state index contributed by atoms with van der Waals surface area (Å²) in [6.45, 7) is 0.849. The van der Waals surface area contributed by atoms with Gasteiger partial charge in [-0.3, -0.25) is 4.79 Å². The van der Waals surface area contributed by atoms with Gasteiger partial charge < -0.3 is 10.0 Å². The fraction of sp³-hybridized carbons (Fsp3) is 0.417. The summed E-state index contributed by atoms with van der Waals surface area (Å²) in [4.78, 5) is 14.9. The molecule has 0 aliphatic carbocycles. The van der Waals surface area contributed by atoms with Crippen molar-refractivity contribution in [2.24, 2.45) is 0 Å². The Kier molecular flexibility index (Phi) is 3.85. The van der Waals surface area contributed by atoms with Crippen LogP contribution in [-0.2, 0) is 4.79 Å². The lowest BCUT2D eigenvalue weighted by molar-refractivity contribution is -0.118. The Bertz CT molecular complexity index is 381. The number of carbonyl (C=O) groups is 1. The van der Waals surface area contributed by atoms with E-state index < -0.39 is 0 Å². The molecule has 16 heavy (non-hydrogen) atoms. The molecule has 1 aliphatic heterocycles. The molecule has 0 unspecified atom stereocenters. The van der Waals surface area contributed by atoms with Crippen molar-refractivity contribution in [1.29, 1.82) is 0 Å². The van der Waals surface area contributed by atoms with Crippen LogP contribution in [0.1, 0.15) is 12.8 Å². The quantitative estimate of drug-likeness (QED) is 0.873. The van der Waals surface area contributed by atoms with E-state index in [4.69, 9.17) is 5.11 Å². The van der Waals surface area contributed by atoms with Crippen molar-refractivity contribution in [3.05, 3.63) is 24.3 Å². The number of hydrogen-bond donors (Lipinski definition) is 1. The van der Waals surface area contributed by atoms with E-state index in [2.05, 4.69) is 0 Å². The number of nitrogens with zero attached hydrogens (tertiary/aromatic N) is 1. The molecular weight excluding hydrogens is 222 g/mol. The molecule has 0 fully saturated rings. The summed E-state index contributed by atoms with van der Waals surface area (Å²) in [6, 6.07) is 7.98. The van der Waals surface area contributed by atoms with Crippen molar-refractivity contribution in [1.82, 2.24) is 0 Å². The minimum atomic E-state index is 0.0793. The van der Waals surface area contributed by atoms with Crippen molar-refractivity contribution < 1.29 is 9.90 Å². The standard InChI is InChI=1S/C12H15NO2S/c14-8-3-6-12(15)13-7-9-16-11-5-2-1-4-10(11)13/h1-2,4-5,14H,3,6-9H2. The zero-order valence-electron chi connectivity index (χ0n) is 9.06. The molecule has 1 N–H and O–H groups in total. The number of rotatable bonds is 3. The average molecular weight is 237 g/mol. The van der Waals surface area contributed by atoms with Gasteiger partial charge in [-0.2, -0.15) is 0 Å². The highest BCUT2D eigenvalue weighted by molar-refractivity contribution is 7.99. The van der Waals surface area contributed by atoms with Crippen molar-refractivity contribution in [3.8, 4) is 0 Å². The van der Waals surface area contributed by atoms with E-state index >= 15 is 0 Å². The summed E-state index contributed by atoms with van der Waals surface area (Å²) in [5, 5.41) is 8.73. The largest absolute Gasteiger partial charge is 0.396 e. The van der Waals surface area contributed by atoms with Crippen LogP contribution in [0.2, 0.25) is 0 Å². The molecule has 1 heterocycles. The number of benzene rings is 1. The average Bonchev–Trinajstić information content (AvgIpc) is 2.35. The van der Waals surface area contributed by atoms with Gasteiger partial charge in [0.25, 0.3) is 0 Å². The van der Waals surface area contributed by atoms with E-state index in [0.717, 1.165) is 18.0 Å². The van der Waals surface area contributed by atoms with Crippen LogP contribution in [0.3, 0.4) is 0 Å². The summed E-state index contributed by atoms with van der Waals surface area (Å²) in [7, 11) is 0. The third kappa shape index (κ3) is 2.39. The van der Waals surface area contributed by atoms with Crippen LogP contribution in [0, 0.1) is 0 Å². The molecule has 2 rings (SSSR count). The number of fused-ring (bicyclic) bond motifs is 1. The molecule has 0 saturated carbocycles. The zero-order chi connectivity index (χ0) is 11.4. The summed E-state index contributed by atoms with van der Waals surface area (Å²) < 4.78 is 0. The normalized spacial score (nSPS) is 14.7. The van der Waals surface area contributed by atoms with Crippen LogP contribution >= 0.6 is 11.8 Å². The topological polar surface area (TPSA) is 40.5 Å². The number of thioether (sulfide) groups is 1. The maximum Gasteiger partial charge on any atom is 0.227 e. The lowest BCUT2D eigenvalue weighted by Crippen LogP contribution is -2.35. The smallest absolute Gasteiger partial charge is 0.227 e. The lowest BCUT2D eigenvalue weighted by Gasteiger charge is -2.28. The van der Waals surface area contributed by atoms with E-state index in [1.165, 1.54) is 4.90 Å². The molecule has 1 aromatic carbocycles. The molecule has 1 amide bonds. The van der Waals surface area contributed by atoms with Gasteiger partial charge in [0.15, 0.2) is 0 Å². The van der Waals surface area contributed by atoms with Gasteiger partial charge in [-0.15, -0.1) is 11.8 Å². The van der Waals surface area contributed by atoms with Crippen molar-refractivity contribution in [2.75, 3.05) is 23.8 Å². The van der Waals surface area contributed by atoms with Crippen LogP contribution in [0.25, 0.3) is 0 Å². The predicted octanol–water partition coefficient (Wildman–Crippen LogP) is 1.90. The van der Waals surface area contributed by atoms with Crippen LogP contribution < -0.4 is 4.90 Å². The lowest BCUT2D eigenvalue weighted by atomic mass is 10.2. The third-order valence-corrected chi connectivity index (χ3v) is 3.62. The monoisotopic (exact) mass is 237 g/mol. The Hall–Kier alpha value is -1.00. The Morgan fingerprint density at radius 3 is 3.06 bits per heavy atom. The first kappa shape index (κ1) is 11.5. The van der Waals surface area contributed by atoms with Gasteiger partial charge in [-0.1, -0.05) is 12.1 Å². The zero-order valence-corrected chi connectivity index (χ0v) is 9.87. The Morgan fingerprint density at radius 2 is 2.25 bits per heavy atom. The minimum absolute atomic E-state index is 0.0793. The highest BCUT2D eigenvalue weighted by atomic mass is 32.2. The maximum atomic E-state index is 11.9. The Morgan fingerprint density at radius 1 is 1.44 bits per heavy atom. The van der Waals surface area contributed by atoms with E-state index in [0.29, 0.717) is 12.8 Å². The van der Waals surface area contributed by atoms with Gasteiger partial charge in [0.05, 0.1) is 5.69 Å². The number of hydrogen-bond acceptors (Lipinski definition) is 3. The second-order valence-electron chi connectivity index (χ2n) is 3.69. The molecule has 3 nitrogen and oxygen atoms in total. The van der Waals surface area contributed by atoms with E-state index in [9.17, 15) is 4.79 Å². The van der Waals surface area contributed by atoms with Crippen LogP contribution in [-0.4, -0.2) is 29.9 Å². The fourth-order valence-corrected chi connectivity index (χ4v) is 2.79. The minimum Gasteiger partial charge on any atom is -0.396 e. The summed E-state index contributed by atoms with van der Waals surface area (Å²) in [6.07, 6.45) is 0.972. The van der Waals surface area contributed by atoms with Gasteiger partial charge in [-0.25, -0.2) is 0 Å². The maximum absolute atomic E-state index is 11.9. The van der Waals surface area contributed by atoms with Gasteiger partial charge in [0.2, 0.25) is 5.91 Å². The van der Waals surface area contributed by atoms with Crippen LogP contribution in [0.15, 0.2) is 29.2 Å². The van der Waals surface area contributed by atoms with Gasteiger partial charge >= 0.3 is 0 Å². The molecule has 4 heteroatoms. The fourth-order valence-electron chi connectivity index (χ4n) is 1.79. The van der Waals surface area contributed by atoms with Crippen molar-refractivity contribution in [3.63, 3.8) is 0 Å². The van der Waals surface area contributed by atoms with Crippen molar-refractivity contribution >= 4 is 23.4 Å². The second kappa shape index (κ2) is 5.37. The molecule has 1 aliphatic rings. The van der Waals surface area contributed by atoms with Crippen molar-refractivity contribution in [2.45, 2.75) is 17.7 Å². The highest BCUT2D eigenvalue weighted by Crippen LogP contribution is 2.34. The predicted molar refractivity (Wildman–Crippen MR) is 65.8 cm³/mol. The molecule has 0 atom stereocenters.